The van der Waals surface area contributed by atoms with Crippen molar-refractivity contribution in [1.29, 1.82) is 0 Å². The van der Waals surface area contributed by atoms with Crippen molar-refractivity contribution in [2.24, 2.45) is 0 Å². The number of likely N-dealkylation sites (tertiary alicyclic amines) is 1. The Labute approximate surface area is 201 Å². The second-order valence-electron chi connectivity index (χ2n) is 9.28. The minimum Gasteiger partial charge on any atom is -0.491 e. The van der Waals surface area contributed by atoms with Crippen LogP contribution in [0.2, 0.25) is 0 Å². The Morgan fingerprint density at radius 1 is 1.06 bits per heavy atom. The summed E-state index contributed by atoms with van der Waals surface area (Å²) in [7, 11) is 0. The maximum atomic E-state index is 14.7. The van der Waals surface area contributed by atoms with Crippen molar-refractivity contribution in [2.75, 3.05) is 19.6 Å². The zero-order valence-electron chi connectivity index (χ0n) is 20.0. The van der Waals surface area contributed by atoms with Crippen LogP contribution >= 0.6 is 0 Å². The van der Waals surface area contributed by atoms with Crippen LogP contribution in [0, 0.1) is 5.82 Å². The van der Waals surface area contributed by atoms with Crippen LogP contribution in [0.1, 0.15) is 61.8 Å². The van der Waals surface area contributed by atoms with E-state index >= 15 is 0 Å². The molecule has 1 aromatic carbocycles. The lowest BCUT2D eigenvalue weighted by molar-refractivity contribution is -0.148. The number of nitrogens with zero attached hydrogens (tertiary/aromatic N) is 3. The highest BCUT2D eigenvalue weighted by Gasteiger charge is 2.50. The number of ether oxygens (including phenoxy) is 1. The topological polar surface area (TPSA) is 54.8 Å². The van der Waals surface area contributed by atoms with Crippen molar-refractivity contribution in [3.05, 3.63) is 53.1 Å². The number of halogens is 4. The molecule has 2 aromatic rings. The summed E-state index contributed by atoms with van der Waals surface area (Å²) < 4.78 is 62.2. The van der Waals surface area contributed by atoms with Gasteiger partial charge in [-0.3, -0.25) is 9.59 Å². The number of hydrogen-bond donors (Lipinski definition) is 0. The largest absolute Gasteiger partial charge is 0.491 e. The smallest absolute Gasteiger partial charge is 0.431 e. The van der Waals surface area contributed by atoms with E-state index in [2.05, 4.69) is 0 Å². The molecule has 10 heteroatoms. The van der Waals surface area contributed by atoms with E-state index in [0.717, 1.165) is 6.07 Å². The molecule has 1 saturated heterocycles. The first-order valence-corrected chi connectivity index (χ1v) is 11.8. The normalized spacial score (nSPS) is 17.6. The van der Waals surface area contributed by atoms with Crippen LogP contribution in [0.5, 0.6) is 5.75 Å². The van der Waals surface area contributed by atoms with Crippen molar-refractivity contribution in [3.63, 3.8) is 0 Å². The number of fused-ring (bicyclic) bond motifs is 2. The maximum Gasteiger partial charge on any atom is 0.431 e. The summed E-state index contributed by atoms with van der Waals surface area (Å²) in [6, 6.07) is 6.60. The molecule has 0 saturated carbocycles. The second kappa shape index (κ2) is 9.20. The Bertz CT molecular complexity index is 1120. The first-order chi connectivity index (χ1) is 16.5. The molecular formula is C25H29F4N3O3. The van der Waals surface area contributed by atoms with E-state index in [1.807, 2.05) is 13.8 Å². The number of aromatic nitrogens is 1. The summed E-state index contributed by atoms with van der Waals surface area (Å²) in [6.45, 7) is 5.93. The Hall–Kier alpha value is -3.04. The van der Waals surface area contributed by atoms with Gasteiger partial charge in [-0.2, -0.15) is 13.2 Å². The first kappa shape index (κ1) is 25.1. The van der Waals surface area contributed by atoms with E-state index in [1.54, 1.807) is 11.8 Å². The zero-order chi connectivity index (χ0) is 25.5. The van der Waals surface area contributed by atoms with Crippen LogP contribution in [0.4, 0.5) is 17.6 Å². The average molecular weight is 496 g/mol. The van der Waals surface area contributed by atoms with E-state index in [-0.39, 0.29) is 63.0 Å². The number of carbonyl (C=O) groups is 2. The molecule has 0 atom stereocenters. The fourth-order valence-electron chi connectivity index (χ4n) is 5.26. The fourth-order valence-corrected chi connectivity index (χ4v) is 5.26. The summed E-state index contributed by atoms with van der Waals surface area (Å²) in [5.74, 6) is -1.01. The van der Waals surface area contributed by atoms with E-state index in [9.17, 15) is 27.2 Å². The van der Waals surface area contributed by atoms with Crippen molar-refractivity contribution >= 4 is 11.8 Å². The van der Waals surface area contributed by atoms with Crippen molar-refractivity contribution in [3.8, 4) is 5.75 Å². The van der Waals surface area contributed by atoms with E-state index in [0.29, 0.717) is 11.4 Å². The van der Waals surface area contributed by atoms with Crippen LogP contribution < -0.4 is 4.74 Å². The number of alkyl halides is 3. The van der Waals surface area contributed by atoms with Gasteiger partial charge in [0.2, 0.25) is 5.91 Å². The molecule has 3 heterocycles. The molecule has 0 aliphatic carbocycles. The van der Waals surface area contributed by atoms with Crippen molar-refractivity contribution in [2.45, 2.75) is 64.4 Å². The number of rotatable bonds is 4. The van der Waals surface area contributed by atoms with Gasteiger partial charge in [0.1, 0.15) is 17.3 Å². The van der Waals surface area contributed by atoms with Gasteiger partial charge in [-0.1, -0.05) is 6.92 Å². The quantitative estimate of drug-likeness (QED) is 0.572. The van der Waals surface area contributed by atoms with Crippen molar-refractivity contribution < 1.29 is 31.9 Å². The monoisotopic (exact) mass is 495 g/mol. The fraction of sp³-hybridized carbons (Fsp3) is 0.520. The predicted octanol–water partition coefficient (Wildman–Crippen LogP) is 4.82. The summed E-state index contributed by atoms with van der Waals surface area (Å²) >= 11 is 0. The Balaban J connectivity index is 1.60. The third-order valence-electron chi connectivity index (χ3n) is 6.84. The van der Waals surface area contributed by atoms with Gasteiger partial charge in [-0.05, 0) is 51.0 Å². The third-order valence-corrected chi connectivity index (χ3v) is 6.84. The molecule has 0 radical (unpaired) electrons. The first-order valence-electron chi connectivity index (χ1n) is 11.8. The molecule has 0 N–H and O–H groups in total. The molecule has 1 aromatic heterocycles. The van der Waals surface area contributed by atoms with Crippen LogP contribution in [-0.2, 0) is 23.1 Å². The van der Waals surface area contributed by atoms with E-state index < -0.39 is 29.1 Å². The lowest BCUT2D eigenvalue weighted by atomic mass is 9.80. The highest BCUT2D eigenvalue weighted by Crippen LogP contribution is 2.45. The molecule has 2 aliphatic heterocycles. The number of piperidine rings is 1. The third kappa shape index (κ3) is 4.50. The highest BCUT2D eigenvalue weighted by atomic mass is 19.4. The lowest BCUT2D eigenvalue weighted by Crippen LogP contribution is -2.59. The molecule has 1 spiro atoms. The predicted molar refractivity (Wildman–Crippen MR) is 120 cm³/mol. The molecular weight excluding hydrogens is 466 g/mol. The highest BCUT2D eigenvalue weighted by molar-refractivity contribution is 5.94. The minimum atomic E-state index is -4.50. The molecule has 2 amide bonds. The van der Waals surface area contributed by atoms with Gasteiger partial charge < -0.3 is 19.1 Å². The summed E-state index contributed by atoms with van der Waals surface area (Å²) in [6.07, 6.45) is -3.89. The molecule has 1 fully saturated rings. The van der Waals surface area contributed by atoms with E-state index in [4.69, 9.17) is 4.74 Å². The molecule has 6 nitrogen and oxygen atoms in total. The van der Waals surface area contributed by atoms with Gasteiger partial charge >= 0.3 is 6.18 Å². The number of carbonyl (C=O) groups excluding carboxylic acids is 2. The van der Waals surface area contributed by atoms with Gasteiger partial charge in [-0.25, -0.2) is 4.39 Å². The zero-order valence-corrected chi connectivity index (χ0v) is 20.0. The van der Waals surface area contributed by atoms with E-state index in [1.165, 1.54) is 33.7 Å². The van der Waals surface area contributed by atoms with Crippen LogP contribution in [0.25, 0.3) is 0 Å². The van der Waals surface area contributed by atoms with Gasteiger partial charge in [0.25, 0.3) is 5.91 Å². The lowest BCUT2D eigenvalue weighted by Gasteiger charge is -2.52. The Morgan fingerprint density at radius 3 is 2.31 bits per heavy atom. The van der Waals surface area contributed by atoms with Crippen LogP contribution in [-0.4, -0.2) is 51.9 Å². The second-order valence-corrected chi connectivity index (χ2v) is 9.28. The summed E-state index contributed by atoms with van der Waals surface area (Å²) in [5.41, 5.74) is -1.34. The van der Waals surface area contributed by atoms with Crippen LogP contribution in [0.3, 0.4) is 0 Å². The van der Waals surface area contributed by atoms with Gasteiger partial charge in [-0.15, -0.1) is 0 Å². The minimum absolute atomic E-state index is 0.0588. The number of benzene rings is 1. The molecule has 190 valence electrons. The number of hydrogen-bond acceptors (Lipinski definition) is 3. The standard InChI is InChI=1S/C25H29F4N3O3/c1-4-22(33)32-14-13-31-20(7-8-21(31)25(27,28)29)24(32)9-11-30(12-10-24)23(34)18-6-5-17(15-19(18)26)35-16(2)3/h5-8,15-16H,4,9-14H2,1-3H3. The average Bonchev–Trinajstić information content (AvgIpc) is 3.25. The van der Waals surface area contributed by atoms with Gasteiger partial charge in [0, 0.05) is 44.4 Å². The molecule has 0 bridgehead atoms. The SMILES string of the molecule is CCC(=O)N1CCn2c(C(F)(F)F)ccc2C12CCN(C(=O)c1ccc(OC(C)C)cc1F)CC2. The summed E-state index contributed by atoms with van der Waals surface area (Å²) in [5, 5.41) is 0. The maximum absolute atomic E-state index is 14.7. The number of amides is 2. The Morgan fingerprint density at radius 2 is 1.74 bits per heavy atom. The van der Waals surface area contributed by atoms with Crippen molar-refractivity contribution in [1.82, 2.24) is 14.4 Å². The molecule has 2 aliphatic rings. The molecule has 4 rings (SSSR count). The summed E-state index contributed by atoms with van der Waals surface area (Å²) in [4.78, 5) is 29.0. The Kier molecular flexibility index (Phi) is 6.59. The van der Waals surface area contributed by atoms with Gasteiger partial charge in [0.15, 0.2) is 0 Å². The van der Waals surface area contributed by atoms with Crippen LogP contribution in [0.15, 0.2) is 30.3 Å². The van der Waals surface area contributed by atoms with Gasteiger partial charge in [0.05, 0.1) is 17.2 Å². The molecule has 0 unspecified atom stereocenters. The molecule has 35 heavy (non-hydrogen) atoms.